The van der Waals surface area contributed by atoms with Crippen molar-refractivity contribution in [3.63, 3.8) is 0 Å². The standard InChI is InChI=1S/C9H12N2O/c1-3-8-5-4-6-10-9(8)11-7(2)12/h4-6H,3H2,1-2H3,(H,10,11,12). The highest BCUT2D eigenvalue weighted by Gasteiger charge is 2.01. The zero-order valence-corrected chi connectivity index (χ0v) is 7.29. The number of hydrogen-bond donors (Lipinski definition) is 1. The highest BCUT2D eigenvalue weighted by molar-refractivity contribution is 5.88. The lowest BCUT2D eigenvalue weighted by Crippen LogP contribution is -2.09. The van der Waals surface area contributed by atoms with E-state index in [9.17, 15) is 4.79 Å². The van der Waals surface area contributed by atoms with Crippen LogP contribution in [0.2, 0.25) is 0 Å². The van der Waals surface area contributed by atoms with E-state index >= 15 is 0 Å². The summed E-state index contributed by atoms with van der Waals surface area (Å²) >= 11 is 0. The van der Waals surface area contributed by atoms with Crippen molar-refractivity contribution in [2.45, 2.75) is 20.3 Å². The van der Waals surface area contributed by atoms with Crippen molar-refractivity contribution in [1.29, 1.82) is 0 Å². The monoisotopic (exact) mass is 164 g/mol. The molecule has 0 aromatic carbocycles. The fourth-order valence-electron chi connectivity index (χ4n) is 1.00. The number of carbonyl (C=O) groups is 1. The average Bonchev–Trinajstić information content (AvgIpc) is 2.04. The van der Waals surface area contributed by atoms with Gasteiger partial charge in [-0.25, -0.2) is 4.98 Å². The van der Waals surface area contributed by atoms with Crippen LogP contribution in [0.4, 0.5) is 5.82 Å². The minimum absolute atomic E-state index is 0.0802. The number of aryl methyl sites for hydroxylation is 1. The lowest BCUT2D eigenvalue weighted by atomic mass is 10.2. The Labute approximate surface area is 71.8 Å². The van der Waals surface area contributed by atoms with E-state index in [2.05, 4.69) is 10.3 Å². The molecule has 0 saturated carbocycles. The van der Waals surface area contributed by atoms with Gasteiger partial charge >= 0.3 is 0 Å². The Hall–Kier alpha value is -1.38. The molecule has 0 spiro atoms. The molecule has 1 amide bonds. The highest BCUT2D eigenvalue weighted by atomic mass is 16.1. The summed E-state index contributed by atoms with van der Waals surface area (Å²) < 4.78 is 0. The van der Waals surface area contributed by atoms with Crippen LogP contribution in [-0.2, 0) is 11.2 Å². The van der Waals surface area contributed by atoms with Crippen molar-refractivity contribution in [2.75, 3.05) is 5.32 Å². The predicted octanol–water partition coefficient (Wildman–Crippen LogP) is 1.60. The topological polar surface area (TPSA) is 42.0 Å². The molecule has 0 aliphatic carbocycles. The summed E-state index contributed by atoms with van der Waals surface area (Å²) in [6.07, 6.45) is 2.55. The number of carbonyl (C=O) groups excluding carboxylic acids is 1. The molecule has 0 bridgehead atoms. The smallest absolute Gasteiger partial charge is 0.222 e. The molecule has 1 N–H and O–H groups in total. The van der Waals surface area contributed by atoms with E-state index in [4.69, 9.17) is 0 Å². The van der Waals surface area contributed by atoms with Gasteiger partial charge in [-0.1, -0.05) is 13.0 Å². The average molecular weight is 164 g/mol. The summed E-state index contributed by atoms with van der Waals surface area (Å²) in [6.45, 7) is 3.51. The van der Waals surface area contributed by atoms with Crippen LogP contribution in [0.1, 0.15) is 19.4 Å². The first-order valence-electron chi connectivity index (χ1n) is 3.95. The second-order valence-corrected chi connectivity index (χ2v) is 2.55. The van der Waals surface area contributed by atoms with Gasteiger partial charge in [0.15, 0.2) is 0 Å². The molecule has 64 valence electrons. The molecule has 3 heteroatoms. The van der Waals surface area contributed by atoms with Gasteiger partial charge in [-0.05, 0) is 18.1 Å². The highest BCUT2D eigenvalue weighted by Crippen LogP contribution is 2.10. The molecule has 0 unspecified atom stereocenters. The fraction of sp³-hybridized carbons (Fsp3) is 0.333. The third-order valence-corrected chi connectivity index (χ3v) is 1.57. The molecule has 0 aliphatic heterocycles. The van der Waals surface area contributed by atoms with Crippen LogP contribution in [0.25, 0.3) is 0 Å². The molecule has 12 heavy (non-hydrogen) atoms. The summed E-state index contributed by atoms with van der Waals surface area (Å²) in [7, 11) is 0. The number of pyridine rings is 1. The molecule has 1 aromatic rings. The zero-order valence-electron chi connectivity index (χ0n) is 7.29. The molecule has 3 nitrogen and oxygen atoms in total. The maximum atomic E-state index is 10.7. The Morgan fingerprint density at radius 3 is 3.00 bits per heavy atom. The van der Waals surface area contributed by atoms with Crippen molar-refractivity contribution in [2.24, 2.45) is 0 Å². The minimum Gasteiger partial charge on any atom is -0.311 e. The summed E-state index contributed by atoms with van der Waals surface area (Å²) in [5.41, 5.74) is 1.06. The Morgan fingerprint density at radius 1 is 1.67 bits per heavy atom. The van der Waals surface area contributed by atoms with E-state index in [1.54, 1.807) is 6.20 Å². The third-order valence-electron chi connectivity index (χ3n) is 1.57. The minimum atomic E-state index is -0.0802. The first-order chi connectivity index (χ1) is 5.74. The van der Waals surface area contributed by atoms with Crippen LogP contribution in [0.5, 0.6) is 0 Å². The maximum absolute atomic E-state index is 10.7. The molecule has 0 aliphatic rings. The summed E-state index contributed by atoms with van der Waals surface area (Å²) in [6, 6.07) is 3.82. The molecule has 0 atom stereocenters. The van der Waals surface area contributed by atoms with Crippen molar-refractivity contribution in [1.82, 2.24) is 4.98 Å². The van der Waals surface area contributed by atoms with Crippen molar-refractivity contribution in [3.05, 3.63) is 23.9 Å². The normalized spacial score (nSPS) is 9.50. The number of rotatable bonds is 2. The van der Waals surface area contributed by atoms with Crippen molar-refractivity contribution < 1.29 is 4.79 Å². The molecule has 1 heterocycles. The van der Waals surface area contributed by atoms with Gasteiger partial charge in [-0.15, -0.1) is 0 Å². The van der Waals surface area contributed by atoms with Crippen LogP contribution in [0, 0.1) is 0 Å². The van der Waals surface area contributed by atoms with Crippen LogP contribution < -0.4 is 5.32 Å². The second kappa shape index (κ2) is 3.85. The molecular weight excluding hydrogens is 152 g/mol. The van der Waals surface area contributed by atoms with E-state index in [1.165, 1.54) is 6.92 Å². The van der Waals surface area contributed by atoms with E-state index in [0.717, 1.165) is 12.0 Å². The van der Waals surface area contributed by atoms with Gasteiger partial charge in [-0.3, -0.25) is 4.79 Å². The molecule has 0 fully saturated rings. The largest absolute Gasteiger partial charge is 0.311 e. The summed E-state index contributed by atoms with van der Waals surface area (Å²) in [4.78, 5) is 14.8. The van der Waals surface area contributed by atoms with E-state index in [0.29, 0.717) is 5.82 Å². The number of nitrogens with one attached hydrogen (secondary N) is 1. The Morgan fingerprint density at radius 2 is 2.42 bits per heavy atom. The molecule has 1 aromatic heterocycles. The number of anilines is 1. The lowest BCUT2D eigenvalue weighted by molar-refractivity contribution is -0.114. The quantitative estimate of drug-likeness (QED) is 0.721. The van der Waals surface area contributed by atoms with Gasteiger partial charge in [0, 0.05) is 13.1 Å². The van der Waals surface area contributed by atoms with Crippen LogP contribution in [0.3, 0.4) is 0 Å². The van der Waals surface area contributed by atoms with Gasteiger partial charge in [0.25, 0.3) is 0 Å². The molecule has 0 radical (unpaired) electrons. The van der Waals surface area contributed by atoms with Gasteiger partial charge in [0.05, 0.1) is 0 Å². The maximum Gasteiger partial charge on any atom is 0.222 e. The van der Waals surface area contributed by atoms with Crippen molar-refractivity contribution >= 4 is 11.7 Å². The third kappa shape index (κ3) is 2.05. The van der Waals surface area contributed by atoms with Crippen LogP contribution in [-0.4, -0.2) is 10.9 Å². The Balaban J connectivity index is 2.89. The zero-order chi connectivity index (χ0) is 8.97. The Bertz CT molecular complexity index is 284. The van der Waals surface area contributed by atoms with E-state index < -0.39 is 0 Å². The molecule has 0 saturated heterocycles. The second-order valence-electron chi connectivity index (χ2n) is 2.55. The number of amides is 1. The first-order valence-corrected chi connectivity index (χ1v) is 3.95. The van der Waals surface area contributed by atoms with Gasteiger partial charge in [0.1, 0.15) is 5.82 Å². The van der Waals surface area contributed by atoms with E-state index in [1.807, 2.05) is 19.1 Å². The van der Waals surface area contributed by atoms with E-state index in [-0.39, 0.29) is 5.91 Å². The number of nitrogens with zero attached hydrogens (tertiary/aromatic N) is 1. The van der Waals surface area contributed by atoms with Crippen LogP contribution >= 0.6 is 0 Å². The molecule has 1 rings (SSSR count). The number of aromatic nitrogens is 1. The van der Waals surface area contributed by atoms with Gasteiger partial charge in [-0.2, -0.15) is 0 Å². The lowest BCUT2D eigenvalue weighted by Gasteiger charge is -2.05. The molecular formula is C9H12N2O. The SMILES string of the molecule is CCc1cccnc1NC(C)=O. The van der Waals surface area contributed by atoms with Crippen molar-refractivity contribution in [3.8, 4) is 0 Å². The Kier molecular flexibility index (Phi) is 2.80. The van der Waals surface area contributed by atoms with Gasteiger partial charge < -0.3 is 5.32 Å². The fourth-order valence-corrected chi connectivity index (χ4v) is 1.00. The summed E-state index contributed by atoms with van der Waals surface area (Å²) in [5.74, 6) is 0.593. The summed E-state index contributed by atoms with van der Waals surface area (Å²) in [5, 5.41) is 2.67. The van der Waals surface area contributed by atoms with Crippen LogP contribution in [0.15, 0.2) is 18.3 Å². The number of hydrogen-bond acceptors (Lipinski definition) is 2. The predicted molar refractivity (Wildman–Crippen MR) is 47.9 cm³/mol. The van der Waals surface area contributed by atoms with Gasteiger partial charge in [0.2, 0.25) is 5.91 Å². The first kappa shape index (κ1) is 8.71.